The van der Waals surface area contributed by atoms with E-state index in [4.69, 9.17) is 6.42 Å². The number of hydrogen-bond acceptors (Lipinski definition) is 1. The molecule has 72 valence electrons. The molecule has 1 nitrogen and oxygen atoms in total. The Kier molecular flexibility index (Phi) is 1.76. The van der Waals surface area contributed by atoms with Crippen molar-refractivity contribution in [2.45, 2.75) is 39.2 Å². The molecule has 2 heterocycles. The maximum atomic E-state index is 5.49. The summed E-state index contributed by atoms with van der Waals surface area (Å²) < 4.78 is 0. The van der Waals surface area contributed by atoms with Gasteiger partial charge in [-0.25, -0.2) is 0 Å². The van der Waals surface area contributed by atoms with E-state index in [1.54, 1.807) is 0 Å². The van der Waals surface area contributed by atoms with Crippen LogP contribution in [-0.2, 0) is 0 Å². The maximum absolute atomic E-state index is 5.49. The zero-order valence-electron chi connectivity index (χ0n) is 8.93. The zero-order valence-corrected chi connectivity index (χ0v) is 8.93. The second-order valence-corrected chi connectivity index (χ2v) is 5.79. The molecular formula is C12H19N. The summed E-state index contributed by atoms with van der Waals surface area (Å²) in [6.07, 6.45) is 7.99. The number of fused-ring (bicyclic) bond motifs is 1. The highest BCUT2D eigenvalue weighted by atomic mass is 15.3. The predicted molar refractivity (Wildman–Crippen MR) is 55.3 cm³/mol. The Labute approximate surface area is 81.5 Å². The van der Waals surface area contributed by atoms with Gasteiger partial charge in [-0.15, -0.1) is 12.3 Å². The van der Waals surface area contributed by atoms with Crippen molar-refractivity contribution in [2.24, 2.45) is 11.3 Å². The molecule has 2 rings (SSSR count). The zero-order chi connectivity index (χ0) is 9.69. The smallest absolute Gasteiger partial charge is 0.0345 e. The molecule has 0 amide bonds. The van der Waals surface area contributed by atoms with Crippen molar-refractivity contribution in [2.75, 3.05) is 13.1 Å². The van der Waals surface area contributed by atoms with Crippen LogP contribution < -0.4 is 0 Å². The minimum atomic E-state index is 0.403. The van der Waals surface area contributed by atoms with Crippen LogP contribution in [0.4, 0.5) is 0 Å². The molecule has 0 aliphatic carbocycles. The Balaban J connectivity index is 2.16. The molecule has 2 aliphatic heterocycles. The van der Waals surface area contributed by atoms with Gasteiger partial charge in [0, 0.05) is 24.5 Å². The van der Waals surface area contributed by atoms with Crippen LogP contribution in [0.5, 0.6) is 0 Å². The Hall–Kier alpha value is -0.480. The van der Waals surface area contributed by atoms with E-state index in [9.17, 15) is 0 Å². The number of rotatable bonds is 0. The molecule has 0 spiro atoms. The molecule has 0 radical (unpaired) electrons. The number of terminal acetylenes is 1. The summed E-state index contributed by atoms with van der Waals surface area (Å²) in [6, 6.07) is 0. The largest absolute Gasteiger partial charge is 0.296 e. The monoisotopic (exact) mass is 177 g/mol. The van der Waals surface area contributed by atoms with Crippen molar-refractivity contribution in [3.05, 3.63) is 0 Å². The molecule has 2 aliphatic rings. The van der Waals surface area contributed by atoms with E-state index >= 15 is 0 Å². The first-order valence-corrected chi connectivity index (χ1v) is 5.16. The summed E-state index contributed by atoms with van der Waals surface area (Å²) in [7, 11) is 0. The van der Waals surface area contributed by atoms with Crippen LogP contribution in [0.1, 0.15) is 33.6 Å². The van der Waals surface area contributed by atoms with Gasteiger partial charge in [0.1, 0.15) is 0 Å². The molecule has 2 saturated heterocycles. The third-order valence-electron chi connectivity index (χ3n) is 3.60. The fourth-order valence-corrected chi connectivity index (χ4v) is 3.37. The number of hydrogen-bond donors (Lipinski definition) is 0. The Morgan fingerprint density at radius 3 is 2.62 bits per heavy atom. The first-order chi connectivity index (χ1) is 5.95. The van der Waals surface area contributed by atoms with Crippen LogP contribution in [0, 0.1) is 23.7 Å². The van der Waals surface area contributed by atoms with Gasteiger partial charge in [-0.05, 0) is 25.2 Å². The molecule has 2 unspecified atom stereocenters. The normalized spacial score (nSPS) is 43.1. The SMILES string of the molecule is C#CC1CN2CC(C)(C)CC2(C)C1. The first-order valence-electron chi connectivity index (χ1n) is 5.16. The summed E-state index contributed by atoms with van der Waals surface area (Å²) in [5.74, 6) is 3.40. The van der Waals surface area contributed by atoms with Gasteiger partial charge in [-0.2, -0.15) is 0 Å². The second-order valence-electron chi connectivity index (χ2n) is 5.79. The minimum Gasteiger partial charge on any atom is -0.296 e. The van der Waals surface area contributed by atoms with Gasteiger partial charge in [-0.1, -0.05) is 13.8 Å². The first kappa shape index (κ1) is 9.09. The number of nitrogens with zero attached hydrogens (tertiary/aromatic N) is 1. The Morgan fingerprint density at radius 2 is 2.08 bits per heavy atom. The van der Waals surface area contributed by atoms with Gasteiger partial charge in [-0.3, -0.25) is 4.90 Å². The summed E-state index contributed by atoms with van der Waals surface area (Å²) in [5.41, 5.74) is 0.898. The summed E-state index contributed by atoms with van der Waals surface area (Å²) in [5, 5.41) is 0. The third-order valence-corrected chi connectivity index (χ3v) is 3.60. The predicted octanol–water partition coefficient (Wildman–Crippen LogP) is 2.13. The van der Waals surface area contributed by atoms with Gasteiger partial charge in [0.25, 0.3) is 0 Å². The van der Waals surface area contributed by atoms with Gasteiger partial charge >= 0.3 is 0 Å². The highest BCUT2D eigenvalue weighted by Crippen LogP contribution is 2.48. The van der Waals surface area contributed by atoms with E-state index in [0.29, 0.717) is 16.9 Å². The van der Waals surface area contributed by atoms with Crippen LogP contribution in [0.15, 0.2) is 0 Å². The van der Waals surface area contributed by atoms with E-state index in [2.05, 4.69) is 31.6 Å². The molecule has 0 aromatic carbocycles. The van der Waals surface area contributed by atoms with Gasteiger partial charge in [0.05, 0.1) is 0 Å². The Morgan fingerprint density at radius 1 is 1.38 bits per heavy atom. The van der Waals surface area contributed by atoms with Crippen LogP contribution in [0.3, 0.4) is 0 Å². The van der Waals surface area contributed by atoms with Gasteiger partial charge < -0.3 is 0 Å². The van der Waals surface area contributed by atoms with E-state index in [-0.39, 0.29) is 0 Å². The second kappa shape index (κ2) is 2.51. The topological polar surface area (TPSA) is 3.24 Å². The molecule has 0 aromatic heterocycles. The third kappa shape index (κ3) is 1.38. The summed E-state index contributed by atoms with van der Waals surface area (Å²) in [4.78, 5) is 2.59. The van der Waals surface area contributed by atoms with Gasteiger partial charge in [0.2, 0.25) is 0 Å². The average Bonchev–Trinajstić information content (AvgIpc) is 2.35. The molecule has 2 atom stereocenters. The van der Waals surface area contributed by atoms with Crippen LogP contribution in [-0.4, -0.2) is 23.5 Å². The molecular weight excluding hydrogens is 158 g/mol. The quantitative estimate of drug-likeness (QED) is 0.512. The lowest BCUT2D eigenvalue weighted by Crippen LogP contribution is -2.34. The average molecular weight is 177 g/mol. The van der Waals surface area contributed by atoms with Gasteiger partial charge in [0.15, 0.2) is 0 Å². The standard InChI is InChI=1S/C12H19N/c1-5-10-6-12(4)8-11(2,3)9-13(12)7-10/h1,10H,6-9H2,2-4H3. The van der Waals surface area contributed by atoms with E-state index < -0.39 is 0 Å². The summed E-state index contributed by atoms with van der Waals surface area (Å²) in [6.45, 7) is 9.44. The van der Waals surface area contributed by atoms with Crippen molar-refractivity contribution in [3.8, 4) is 12.3 Å². The van der Waals surface area contributed by atoms with Crippen molar-refractivity contribution in [1.29, 1.82) is 0 Å². The molecule has 2 fully saturated rings. The van der Waals surface area contributed by atoms with Crippen LogP contribution >= 0.6 is 0 Å². The molecule has 0 N–H and O–H groups in total. The van der Waals surface area contributed by atoms with Crippen molar-refractivity contribution in [1.82, 2.24) is 4.90 Å². The maximum Gasteiger partial charge on any atom is 0.0345 e. The highest BCUT2D eigenvalue weighted by molar-refractivity contribution is 5.11. The van der Waals surface area contributed by atoms with Crippen molar-refractivity contribution in [3.63, 3.8) is 0 Å². The highest BCUT2D eigenvalue weighted by Gasteiger charge is 2.50. The van der Waals surface area contributed by atoms with E-state index in [1.165, 1.54) is 19.4 Å². The fraction of sp³-hybridized carbons (Fsp3) is 0.833. The lowest BCUT2D eigenvalue weighted by Gasteiger charge is -2.26. The lowest BCUT2D eigenvalue weighted by atomic mass is 9.82. The molecule has 1 heteroatoms. The van der Waals surface area contributed by atoms with Crippen molar-refractivity contribution >= 4 is 0 Å². The Bertz CT molecular complexity index is 261. The molecule has 0 saturated carbocycles. The van der Waals surface area contributed by atoms with E-state index in [0.717, 1.165) is 6.54 Å². The minimum absolute atomic E-state index is 0.403. The van der Waals surface area contributed by atoms with Crippen LogP contribution in [0.25, 0.3) is 0 Å². The fourth-order valence-electron chi connectivity index (χ4n) is 3.37. The molecule has 0 bridgehead atoms. The van der Waals surface area contributed by atoms with Crippen molar-refractivity contribution < 1.29 is 0 Å². The lowest BCUT2D eigenvalue weighted by molar-refractivity contribution is 0.217. The molecule has 0 aromatic rings. The molecule has 13 heavy (non-hydrogen) atoms. The summed E-state index contributed by atoms with van der Waals surface area (Å²) >= 11 is 0. The van der Waals surface area contributed by atoms with Crippen LogP contribution in [0.2, 0.25) is 0 Å². The van der Waals surface area contributed by atoms with E-state index in [1.807, 2.05) is 0 Å².